The monoisotopic (exact) mass is 470 g/mol. The van der Waals surface area contributed by atoms with E-state index >= 15 is 0 Å². The number of carbonyl (C=O) groups excluding carboxylic acids is 3. The molecule has 1 N–H and O–H groups in total. The molecule has 1 aliphatic heterocycles. The highest BCUT2D eigenvalue weighted by Gasteiger charge is 2.50. The van der Waals surface area contributed by atoms with Crippen LogP contribution in [0, 0.1) is 0 Å². The van der Waals surface area contributed by atoms with Crippen molar-refractivity contribution < 1.29 is 23.5 Å². The Hall–Kier alpha value is -3.13. The Balaban J connectivity index is 1.75. The highest BCUT2D eigenvalue weighted by molar-refractivity contribution is 9.10. The molecule has 1 aromatic heterocycles. The summed E-state index contributed by atoms with van der Waals surface area (Å²) < 4.78 is 11.5. The Labute approximate surface area is 181 Å². The predicted octanol–water partition coefficient (Wildman–Crippen LogP) is 4.34. The van der Waals surface area contributed by atoms with Crippen LogP contribution in [0.2, 0.25) is 0 Å². The fraction of sp³-hybridized carbons (Fsp3) is 0.227. The topological polar surface area (TPSA) is 88.8 Å². The van der Waals surface area contributed by atoms with Gasteiger partial charge in [0.25, 0.3) is 5.91 Å². The molecule has 0 aliphatic carbocycles. The molecule has 0 saturated carbocycles. The maximum Gasteiger partial charge on any atom is 0.374 e. The van der Waals surface area contributed by atoms with Crippen LogP contribution in [0.1, 0.15) is 35.5 Å². The zero-order valence-electron chi connectivity index (χ0n) is 16.4. The first-order valence-electron chi connectivity index (χ1n) is 9.43. The van der Waals surface area contributed by atoms with E-state index in [0.717, 1.165) is 4.90 Å². The molecule has 154 valence electrons. The average Bonchev–Trinajstić information content (AvgIpc) is 3.20. The summed E-state index contributed by atoms with van der Waals surface area (Å²) in [6, 6.07) is 13.8. The van der Waals surface area contributed by atoms with E-state index in [9.17, 15) is 14.4 Å². The zero-order valence-corrected chi connectivity index (χ0v) is 18.0. The second kappa shape index (κ2) is 7.60. The molecule has 30 heavy (non-hydrogen) atoms. The Morgan fingerprint density at radius 2 is 1.87 bits per heavy atom. The van der Waals surface area contributed by atoms with Crippen molar-refractivity contribution in [2.45, 2.75) is 25.9 Å². The van der Waals surface area contributed by atoms with E-state index in [0.29, 0.717) is 26.6 Å². The number of benzene rings is 2. The van der Waals surface area contributed by atoms with E-state index in [1.54, 1.807) is 50.2 Å². The Kier molecular flexibility index (Phi) is 5.11. The lowest BCUT2D eigenvalue weighted by Gasteiger charge is -2.23. The fourth-order valence-corrected chi connectivity index (χ4v) is 4.35. The smallest absolute Gasteiger partial charge is 0.374 e. The summed E-state index contributed by atoms with van der Waals surface area (Å²) in [6.45, 7) is 3.42. The minimum absolute atomic E-state index is 0.00635. The van der Waals surface area contributed by atoms with E-state index in [2.05, 4.69) is 21.2 Å². The van der Waals surface area contributed by atoms with Crippen molar-refractivity contribution in [1.82, 2.24) is 10.2 Å². The summed E-state index contributed by atoms with van der Waals surface area (Å²) in [5.41, 5.74) is 0.328. The number of halogens is 1. The number of hydrogen-bond donors (Lipinski definition) is 1. The Morgan fingerprint density at radius 3 is 2.60 bits per heavy atom. The minimum Gasteiger partial charge on any atom is -0.460 e. The maximum atomic E-state index is 13.3. The molecule has 0 spiro atoms. The van der Waals surface area contributed by atoms with Gasteiger partial charge >= 0.3 is 12.0 Å². The molecule has 1 unspecified atom stereocenters. The van der Waals surface area contributed by atoms with Gasteiger partial charge in [-0.15, -0.1) is 0 Å². The van der Waals surface area contributed by atoms with Gasteiger partial charge in [-0.2, -0.15) is 0 Å². The van der Waals surface area contributed by atoms with Crippen LogP contribution in [-0.2, 0) is 21.6 Å². The van der Waals surface area contributed by atoms with Crippen molar-refractivity contribution in [3.05, 3.63) is 69.9 Å². The molecule has 1 saturated heterocycles. The summed E-state index contributed by atoms with van der Waals surface area (Å²) in [7, 11) is 0. The molecule has 2 aromatic carbocycles. The lowest BCUT2D eigenvalue weighted by atomic mass is 9.92. The lowest BCUT2D eigenvalue weighted by molar-refractivity contribution is -0.131. The van der Waals surface area contributed by atoms with E-state index in [-0.39, 0.29) is 18.9 Å². The minimum atomic E-state index is -1.24. The van der Waals surface area contributed by atoms with Crippen molar-refractivity contribution in [3.63, 3.8) is 0 Å². The maximum absolute atomic E-state index is 13.3. The van der Waals surface area contributed by atoms with Crippen LogP contribution in [0.15, 0.2) is 57.4 Å². The first kappa shape index (κ1) is 20.2. The molecule has 0 bridgehead atoms. The third-order valence-electron chi connectivity index (χ3n) is 5.16. The van der Waals surface area contributed by atoms with Gasteiger partial charge in [-0.05, 0) is 26.0 Å². The van der Waals surface area contributed by atoms with Gasteiger partial charge in [0.15, 0.2) is 0 Å². The van der Waals surface area contributed by atoms with Crippen LogP contribution in [0.3, 0.4) is 0 Å². The number of esters is 1. The van der Waals surface area contributed by atoms with E-state index in [1.165, 1.54) is 0 Å². The Morgan fingerprint density at radius 1 is 1.17 bits per heavy atom. The quantitative estimate of drug-likeness (QED) is 0.442. The summed E-state index contributed by atoms with van der Waals surface area (Å²) >= 11 is 3.45. The first-order valence-corrected chi connectivity index (χ1v) is 10.2. The molecule has 1 atom stereocenters. The van der Waals surface area contributed by atoms with Crippen LogP contribution in [-0.4, -0.2) is 29.4 Å². The van der Waals surface area contributed by atoms with E-state index < -0.39 is 23.4 Å². The number of ether oxygens (including phenoxy) is 1. The number of amides is 3. The van der Waals surface area contributed by atoms with E-state index in [1.807, 2.05) is 12.1 Å². The highest BCUT2D eigenvalue weighted by Crippen LogP contribution is 2.36. The van der Waals surface area contributed by atoms with Crippen molar-refractivity contribution >= 4 is 44.8 Å². The molecule has 1 aliphatic rings. The molecule has 3 amide bonds. The number of hydrogen-bond acceptors (Lipinski definition) is 5. The second-order valence-corrected chi connectivity index (χ2v) is 7.91. The molecule has 4 rings (SSSR count). The lowest BCUT2D eigenvalue weighted by Crippen LogP contribution is -2.41. The van der Waals surface area contributed by atoms with Crippen LogP contribution in [0.4, 0.5) is 4.79 Å². The fourth-order valence-electron chi connectivity index (χ4n) is 3.67. The molecular formula is C22H19BrN2O5. The number of imide groups is 1. The van der Waals surface area contributed by atoms with E-state index in [4.69, 9.17) is 9.15 Å². The predicted molar refractivity (Wildman–Crippen MR) is 113 cm³/mol. The van der Waals surface area contributed by atoms with Gasteiger partial charge in [0, 0.05) is 21.0 Å². The molecule has 1 fully saturated rings. The van der Waals surface area contributed by atoms with Gasteiger partial charge in [0.05, 0.1) is 13.2 Å². The standard InChI is InChI=1S/C22H19BrN2O5/c1-3-29-19(26)18-14(13-8-4-7-11-17(13)30-18)12-25-20(27)22(2,24-21(25)28)15-9-5-6-10-16(15)23/h4-11H,3,12H2,1-2H3,(H,24,28). The SMILES string of the molecule is CCOC(=O)c1oc2ccccc2c1CN1C(=O)NC(C)(c2ccccc2Br)C1=O. The molecule has 0 radical (unpaired) electrons. The van der Waals surface area contributed by atoms with Gasteiger partial charge < -0.3 is 14.5 Å². The van der Waals surface area contributed by atoms with Crippen molar-refractivity contribution in [2.24, 2.45) is 0 Å². The normalized spacial score (nSPS) is 18.7. The number of para-hydroxylation sites is 1. The van der Waals surface area contributed by atoms with Gasteiger partial charge in [-0.1, -0.05) is 52.3 Å². The van der Waals surface area contributed by atoms with Crippen molar-refractivity contribution in [1.29, 1.82) is 0 Å². The van der Waals surface area contributed by atoms with Gasteiger partial charge in [0.2, 0.25) is 5.76 Å². The van der Waals surface area contributed by atoms with Gasteiger partial charge in [-0.25, -0.2) is 9.59 Å². The van der Waals surface area contributed by atoms with Crippen molar-refractivity contribution in [2.75, 3.05) is 6.61 Å². The first-order chi connectivity index (χ1) is 14.4. The van der Waals surface area contributed by atoms with Gasteiger partial charge in [-0.3, -0.25) is 9.69 Å². The molecule has 8 heteroatoms. The summed E-state index contributed by atoms with van der Waals surface area (Å²) in [5, 5.41) is 3.43. The number of carbonyl (C=O) groups is 3. The summed E-state index contributed by atoms with van der Waals surface area (Å²) in [5.74, 6) is -1.06. The number of nitrogens with zero attached hydrogens (tertiary/aromatic N) is 1. The largest absolute Gasteiger partial charge is 0.460 e. The Bertz CT molecular complexity index is 1170. The number of furan rings is 1. The van der Waals surface area contributed by atoms with Crippen LogP contribution in [0.5, 0.6) is 0 Å². The number of rotatable bonds is 5. The third kappa shape index (κ3) is 3.17. The molecule has 3 aromatic rings. The zero-order chi connectivity index (χ0) is 21.5. The number of nitrogens with one attached hydrogen (secondary N) is 1. The highest BCUT2D eigenvalue weighted by atomic mass is 79.9. The summed E-state index contributed by atoms with van der Waals surface area (Å²) in [6.07, 6.45) is 0. The number of urea groups is 1. The van der Waals surface area contributed by atoms with Crippen LogP contribution in [0.25, 0.3) is 11.0 Å². The van der Waals surface area contributed by atoms with Crippen LogP contribution < -0.4 is 5.32 Å². The van der Waals surface area contributed by atoms with Crippen LogP contribution >= 0.6 is 15.9 Å². The molecular weight excluding hydrogens is 452 g/mol. The molecule has 2 heterocycles. The number of fused-ring (bicyclic) bond motifs is 1. The van der Waals surface area contributed by atoms with Gasteiger partial charge in [0.1, 0.15) is 11.1 Å². The second-order valence-electron chi connectivity index (χ2n) is 7.05. The van der Waals surface area contributed by atoms with Crippen molar-refractivity contribution in [3.8, 4) is 0 Å². The molecule has 7 nitrogen and oxygen atoms in total. The summed E-state index contributed by atoms with van der Waals surface area (Å²) in [4.78, 5) is 39.7. The third-order valence-corrected chi connectivity index (χ3v) is 5.85. The average molecular weight is 471 g/mol.